The van der Waals surface area contributed by atoms with Crippen molar-refractivity contribution in [3.05, 3.63) is 36.7 Å². The molecular formula is C15H22N6. The van der Waals surface area contributed by atoms with E-state index in [-0.39, 0.29) is 0 Å². The van der Waals surface area contributed by atoms with E-state index >= 15 is 0 Å². The Morgan fingerprint density at radius 3 is 2.67 bits per heavy atom. The molecule has 0 radical (unpaired) electrons. The quantitative estimate of drug-likeness (QED) is 0.781. The van der Waals surface area contributed by atoms with Gasteiger partial charge in [0.2, 0.25) is 5.95 Å². The van der Waals surface area contributed by atoms with Crippen LogP contribution in [0.25, 0.3) is 0 Å². The van der Waals surface area contributed by atoms with E-state index < -0.39 is 0 Å². The van der Waals surface area contributed by atoms with Crippen molar-refractivity contribution in [2.24, 2.45) is 0 Å². The number of aromatic nitrogens is 4. The van der Waals surface area contributed by atoms with Gasteiger partial charge in [0.1, 0.15) is 0 Å². The molecule has 0 bridgehead atoms. The molecule has 1 fully saturated rings. The maximum absolute atomic E-state index is 4.46. The highest BCUT2D eigenvalue weighted by Crippen LogP contribution is 2.14. The third-order valence-electron chi connectivity index (χ3n) is 3.74. The van der Waals surface area contributed by atoms with Gasteiger partial charge in [-0.3, -0.25) is 0 Å². The Labute approximate surface area is 125 Å². The van der Waals surface area contributed by atoms with Crippen LogP contribution in [0.3, 0.4) is 0 Å². The first-order valence-electron chi connectivity index (χ1n) is 7.64. The van der Waals surface area contributed by atoms with E-state index in [0.717, 1.165) is 50.7 Å². The molecule has 1 aliphatic heterocycles. The molecule has 1 saturated heterocycles. The van der Waals surface area contributed by atoms with E-state index in [0.29, 0.717) is 0 Å². The fourth-order valence-corrected chi connectivity index (χ4v) is 2.56. The normalized spacial score (nSPS) is 14.8. The summed E-state index contributed by atoms with van der Waals surface area (Å²) in [6, 6.07) is 0. The van der Waals surface area contributed by atoms with E-state index in [1.54, 1.807) is 0 Å². The molecule has 2 aromatic heterocycles. The monoisotopic (exact) mass is 286 g/mol. The van der Waals surface area contributed by atoms with E-state index in [1.165, 1.54) is 12.8 Å². The van der Waals surface area contributed by atoms with Crippen molar-refractivity contribution in [1.29, 1.82) is 0 Å². The summed E-state index contributed by atoms with van der Waals surface area (Å²) in [5.41, 5.74) is 1.14. The van der Waals surface area contributed by atoms with Crippen molar-refractivity contribution in [3.8, 4) is 0 Å². The number of nitrogens with zero attached hydrogens (tertiary/aromatic N) is 5. The third-order valence-corrected chi connectivity index (χ3v) is 3.74. The molecule has 1 aliphatic rings. The van der Waals surface area contributed by atoms with Crippen LogP contribution in [-0.4, -0.2) is 39.2 Å². The zero-order valence-electron chi connectivity index (χ0n) is 12.3. The van der Waals surface area contributed by atoms with Gasteiger partial charge in [-0.25, -0.2) is 15.0 Å². The van der Waals surface area contributed by atoms with Crippen LogP contribution in [0.1, 0.15) is 24.8 Å². The summed E-state index contributed by atoms with van der Waals surface area (Å²) in [5.74, 6) is 0.872. The second kappa shape index (κ2) is 7.17. The SMILES string of the molecule is c1cn(CCCNCc2cnc(N3CCCC3)nc2)cn1. The molecule has 3 rings (SSSR count). The van der Waals surface area contributed by atoms with E-state index in [2.05, 4.69) is 29.7 Å². The molecule has 0 aliphatic carbocycles. The lowest BCUT2D eigenvalue weighted by Crippen LogP contribution is -2.21. The zero-order valence-corrected chi connectivity index (χ0v) is 12.3. The molecule has 0 spiro atoms. The topological polar surface area (TPSA) is 58.9 Å². The number of hydrogen-bond donors (Lipinski definition) is 1. The predicted octanol–water partition coefficient (Wildman–Crippen LogP) is 1.45. The molecule has 0 aromatic carbocycles. The van der Waals surface area contributed by atoms with Gasteiger partial charge in [-0.15, -0.1) is 0 Å². The number of aryl methyl sites for hydroxylation is 1. The van der Waals surface area contributed by atoms with Crippen molar-refractivity contribution in [3.63, 3.8) is 0 Å². The highest BCUT2D eigenvalue weighted by molar-refractivity contribution is 5.30. The molecule has 6 heteroatoms. The van der Waals surface area contributed by atoms with Crippen molar-refractivity contribution in [2.75, 3.05) is 24.5 Å². The van der Waals surface area contributed by atoms with Gasteiger partial charge in [-0.1, -0.05) is 0 Å². The minimum absolute atomic E-state index is 0.824. The first-order chi connectivity index (χ1) is 10.4. The molecule has 0 saturated carbocycles. The van der Waals surface area contributed by atoms with Crippen LogP contribution in [0.5, 0.6) is 0 Å². The maximum atomic E-state index is 4.46. The van der Waals surface area contributed by atoms with Crippen LogP contribution in [0.4, 0.5) is 5.95 Å². The van der Waals surface area contributed by atoms with Crippen molar-refractivity contribution in [1.82, 2.24) is 24.8 Å². The van der Waals surface area contributed by atoms with Gasteiger partial charge in [0, 0.05) is 56.5 Å². The van der Waals surface area contributed by atoms with Crippen LogP contribution >= 0.6 is 0 Å². The third kappa shape index (κ3) is 4.01. The van der Waals surface area contributed by atoms with Gasteiger partial charge < -0.3 is 14.8 Å². The average molecular weight is 286 g/mol. The summed E-state index contributed by atoms with van der Waals surface area (Å²) >= 11 is 0. The average Bonchev–Trinajstić information content (AvgIpc) is 3.21. The summed E-state index contributed by atoms with van der Waals surface area (Å²) < 4.78 is 2.09. The summed E-state index contributed by atoms with van der Waals surface area (Å²) in [7, 11) is 0. The zero-order chi connectivity index (χ0) is 14.3. The Morgan fingerprint density at radius 2 is 1.95 bits per heavy atom. The number of imidazole rings is 1. The van der Waals surface area contributed by atoms with Crippen molar-refractivity contribution >= 4 is 5.95 Å². The van der Waals surface area contributed by atoms with Gasteiger partial charge in [0.05, 0.1) is 6.33 Å². The van der Waals surface area contributed by atoms with Crippen LogP contribution in [0.15, 0.2) is 31.1 Å². The Morgan fingerprint density at radius 1 is 1.14 bits per heavy atom. The number of hydrogen-bond acceptors (Lipinski definition) is 5. The summed E-state index contributed by atoms with van der Waals surface area (Å²) in [4.78, 5) is 15.2. The van der Waals surface area contributed by atoms with Crippen LogP contribution in [-0.2, 0) is 13.1 Å². The molecule has 0 atom stereocenters. The highest BCUT2D eigenvalue weighted by Gasteiger charge is 2.14. The second-order valence-corrected chi connectivity index (χ2v) is 5.42. The minimum atomic E-state index is 0.824. The van der Waals surface area contributed by atoms with Gasteiger partial charge in [0.15, 0.2) is 0 Å². The summed E-state index contributed by atoms with van der Waals surface area (Å²) in [6.07, 6.45) is 13.1. The lowest BCUT2D eigenvalue weighted by atomic mass is 10.3. The number of nitrogens with one attached hydrogen (secondary N) is 1. The Balaban J connectivity index is 1.37. The Kier molecular flexibility index (Phi) is 4.78. The molecule has 112 valence electrons. The standard InChI is InChI=1S/C15H22N6/c1-2-8-21(7-1)15-18-11-14(12-19-15)10-16-4-3-6-20-9-5-17-13-20/h5,9,11-13,16H,1-4,6-8,10H2. The smallest absolute Gasteiger partial charge is 0.225 e. The van der Waals surface area contributed by atoms with Gasteiger partial charge in [0.25, 0.3) is 0 Å². The van der Waals surface area contributed by atoms with E-state index in [4.69, 9.17) is 0 Å². The molecule has 1 N–H and O–H groups in total. The second-order valence-electron chi connectivity index (χ2n) is 5.42. The summed E-state index contributed by atoms with van der Waals surface area (Å²) in [6.45, 7) is 4.98. The first-order valence-corrected chi connectivity index (χ1v) is 7.64. The van der Waals surface area contributed by atoms with Crippen molar-refractivity contribution < 1.29 is 0 Å². The van der Waals surface area contributed by atoms with Crippen LogP contribution < -0.4 is 10.2 Å². The largest absolute Gasteiger partial charge is 0.341 e. The van der Waals surface area contributed by atoms with Gasteiger partial charge in [-0.05, 0) is 25.8 Å². The molecule has 0 amide bonds. The maximum Gasteiger partial charge on any atom is 0.225 e. The summed E-state index contributed by atoms with van der Waals surface area (Å²) in [5, 5.41) is 3.43. The first kappa shape index (κ1) is 14.0. The van der Waals surface area contributed by atoms with Crippen LogP contribution in [0, 0.1) is 0 Å². The lowest BCUT2D eigenvalue weighted by molar-refractivity contribution is 0.579. The molecule has 0 unspecified atom stereocenters. The lowest BCUT2D eigenvalue weighted by Gasteiger charge is -2.14. The molecule has 21 heavy (non-hydrogen) atoms. The van der Waals surface area contributed by atoms with Gasteiger partial charge >= 0.3 is 0 Å². The minimum Gasteiger partial charge on any atom is -0.341 e. The Bertz CT molecular complexity index is 516. The van der Waals surface area contributed by atoms with Gasteiger partial charge in [-0.2, -0.15) is 0 Å². The van der Waals surface area contributed by atoms with E-state index in [1.807, 2.05) is 31.1 Å². The number of rotatable bonds is 7. The highest BCUT2D eigenvalue weighted by atomic mass is 15.3. The molecule has 6 nitrogen and oxygen atoms in total. The molecule has 3 heterocycles. The van der Waals surface area contributed by atoms with Crippen LogP contribution in [0.2, 0.25) is 0 Å². The molecular weight excluding hydrogens is 264 g/mol. The van der Waals surface area contributed by atoms with E-state index in [9.17, 15) is 0 Å². The fourth-order valence-electron chi connectivity index (χ4n) is 2.56. The predicted molar refractivity (Wildman–Crippen MR) is 82.0 cm³/mol. The van der Waals surface area contributed by atoms with Crippen molar-refractivity contribution in [2.45, 2.75) is 32.4 Å². The fraction of sp³-hybridized carbons (Fsp3) is 0.533. The number of anilines is 1. The Hall–Kier alpha value is -1.95. The molecule has 2 aromatic rings.